The van der Waals surface area contributed by atoms with Crippen molar-refractivity contribution in [2.24, 2.45) is 0 Å². The van der Waals surface area contributed by atoms with E-state index < -0.39 is 5.97 Å². The van der Waals surface area contributed by atoms with Crippen LogP contribution in [0.15, 0.2) is 0 Å². The summed E-state index contributed by atoms with van der Waals surface area (Å²) >= 11 is 0. The molecule has 3 N–H and O–H groups in total. The monoisotopic (exact) mass is 228 g/mol. The van der Waals surface area contributed by atoms with Crippen molar-refractivity contribution in [1.82, 2.24) is 10.6 Å². The number of urea groups is 1. The average molecular weight is 228 g/mol. The van der Waals surface area contributed by atoms with Gasteiger partial charge in [0.25, 0.3) is 0 Å². The van der Waals surface area contributed by atoms with Crippen LogP contribution >= 0.6 is 0 Å². The van der Waals surface area contributed by atoms with E-state index in [-0.39, 0.29) is 31.8 Å². The number of nitrogens with one attached hydrogen (secondary N) is 2. The highest BCUT2D eigenvalue weighted by Gasteiger charge is 2.04. The van der Waals surface area contributed by atoms with Crippen LogP contribution in [0, 0.1) is 12.3 Å². The molecule has 0 heterocycles. The molecule has 0 aromatic heterocycles. The van der Waals surface area contributed by atoms with Gasteiger partial charge in [-0.25, -0.2) is 9.59 Å². The van der Waals surface area contributed by atoms with Gasteiger partial charge < -0.3 is 20.5 Å². The fraction of sp³-hybridized carbons (Fsp3) is 0.600. The smallest absolute Gasteiger partial charge is 0.329 e. The SMILES string of the molecule is C#CCC(C)NC(=O)NCCOCC(=O)O. The van der Waals surface area contributed by atoms with Crippen LogP contribution in [0.25, 0.3) is 0 Å². The van der Waals surface area contributed by atoms with Crippen LogP contribution in [0.5, 0.6) is 0 Å². The molecule has 0 aromatic rings. The van der Waals surface area contributed by atoms with Crippen LogP contribution in [-0.2, 0) is 9.53 Å². The number of aliphatic carboxylic acids is 1. The molecule has 0 bridgehead atoms. The topological polar surface area (TPSA) is 87.7 Å². The molecule has 6 nitrogen and oxygen atoms in total. The number of hydrogen-bond donors (Lipinski definition) is 3. The molecule has 0 aliphatic heterocycles. The normalized spacial score (nSPS) is 11.2. The third-order valence-electron chi connectivity index (χ3n) is 1.56. The van der Waals surface area contributed by atoms with Gasteiger partial charge in [0, 0.05) is 19.0 Å². The van der Waals surface area contributed by atoms with Gasteiger partial charge in [-0.3, -0.25) is 0 Å². The minimum atomic E-state index is -1.04. The van der Waals surface area contributed by atoms with Crippen molar-refractivity contribution >= 4 is 12.0 Å². The molecule has 0 saturated carbocycles. The van der Waals surface area contributed by atoms with Crippen molar-refractivity contribution in [3.63, 3.8) is 0 Å². The van der Waals surface area contributed by atoms with Gasteiger partial charge in [-0.05, 0) is 6.92 Å². The van der Waals surface area contributed by atoms with Gasteiger partial charge in [-0.15, -0.1) is 12.3 Å². The molecule has 6 heteroatoms. The summed E-state index contributed by atoms with van der Waals surface area (Å²) < 4.78 is 4.72. The highest BCUT2D eigenvalue weighted by atomic mass is 16.5. The number of hydrogen-bond acceptors (Lipinski definition) is 3. The zero-order valence-electron chi connectivity index (χ0n) is 9.16. The van der Waals surface area contributed by atoms with Gasteiger partial charge in [-0.2, -0.15) is 0 Å². The van der Waals surface area contributed by atoms with Crippen LogP contribution in [0.1, 0.15) is 13.3 Å². The van der Waals surface area contributed by atoms with E-state index in [1.54, 1.807) is 6.92 Å². The summed E-state index contributed by atoms with van der Waals surface area (Å²) in [5.41, 5.74) is 0. The van der Waals surface area contributed by atoms with Crippen LogP contribution in [0.2, 0.25) is 0 Å². The molecule has 0 rings (SSSR count). The molecule has 16 heavy (non-hydrogen) atoms. The van der Waals surface area contributed by atoms with Crippen LogP contribution in [0.4, 0.5) is 4.79 Å². The Bertz CT molecular complexity index is 272. The Balaban J connectivity index is 3.44. The van der Waals surface area contributed by atoms with Crippen molar-refractivity contribution < 1.29 is 19.4 Å². The summed E-state index contributed by atoms with van der Waals surface area (Å²) in [5, 5.41) is 13.4. The van der Waals surface area contributed by atoms with Gasteiger partial charge >= 0.3 is 12.0 Å². The van der Waals surface area contributed by atoms with Crippen molar-refractivity contribution in [3.05, 3.63) is 0 Å². The van der Waals surface area contributed by atoms with Gasteiger partial charge in [0.2, 0.25) is 0 Å². The fourth-order valence-electron chi connectivity index (χ4n) is 0.899. The predicted molar refractivity (Wildman–Crippen MR) is 57.9 cm³/mol. The minimum Gasteiger partial charge on any atom is -0.480 e. The molecule has 0 radical (unpaired) electrons. The molecule has 0 aliphatic rings. The molecular weight excluding hydrogens is 212 g/mol. The maximum Gasteiger partial charge on any atom is 0.329 e. The summed E-state index contributed by atoms with van der Waals surface area (Å²) in [6, 6.07) is -0.438. The largest absolute Gasteiger partial charge is 0.480 e. The lowest BCUT2D eigenvalue weighted by Crippen LogP contribution is -2.41. The van der Waals surface area contributed by atoms with E-state index in [1.807, 2.05) is 0 Å². The van der Waals surface area contributed by atoms with E-state index in [9.17, 15) is 9.59 Å². The summed E-state index contributed by atoms with van der Waals surface area (Å²) in [7, 11) is 0. The first kappa shape index (κ1) is 14.3. The standard InChI is InChI=1S/C10H16N2O4/c1-3-4-8(2)12-10(15)11-5-6-16-7-9(13)14/h1,8H,4-7H2,2H3,(H,13,14)(H2,11,12,15). The van der Waals surface area contributed by atoms with Crippen LogP contribution < -0.4 is 10.6 Å². The summed E-state index contributed by atoms with van der Waals surface area (Å²) in [6.07, 6.45) is 5.54. The molecule has 90 valence electrons. The van der Waals surface area contributed by atoms with Gasteiger partial charge in [0.05, 0.1) is 6.61 Å². The Morgan fingerprint density at radius 3 is 2.81 bits per heavy atom. The zero-order valence-corrected chi connectivity index (χ0v) is 9.16. The lowest BCUT2D eigenvalue weighted by Gasteiger charge is -2.11. The maximum atomic E-state index is 11.2. The molecule has 0 saturated heterocycles. The lowest BCUT2D eigenvalue weighted by molar-refractivity contribution is -0.142. The Morgan fingerprint density at radius 1 is 1.56 bits per heavy atom. The highest BCUT2D eigenvalue weighted by Crippen LogP contribution is 1.86. The molecule has 0 fully saturated rings. The quantitative estimate of drug-likeness (QED) is 0.416. The fourth-order valence-corrected chi connectivity index (χ4v) is 0.899. The Hall–Kier alpha value is -1.74. The number of terminal acetylenes is 1. The molecule has 0 aromatic carbocycles. The number of rotatable bonds is 7. The summed E-state index contributed by atoms with van der Waals surface area (Å²) in [5.74, 6) is 1.39. The first-order valence-electron chi connectivity index (χ1n) is 4.83. The first-order chi connectivity index (χ1) is 7.56. The van der Waals surface area contributed by atoms with Gasteiger partial charge in [0.1, 0.15) is 6.61 Å². The number of ether oxygens (including phenoxy) is 1. The molecule has 0 spiro atoms. The van der Waals surface area contributed by atoms with Gasteiger partial charge in [-0.1, -0.05) is 0 Å². The molecule has 2 amide bonds. The molecule has 1 atom stereocenters. The number of carboxylic acid groups (broad SMARTS) is 1. The second-order valence-electron chi connectivity index (χ2n) is 3.16. The maximum absolute atomic E-state index is 11.2. The minimum absolute atomic E-state index is 0.0927. The molecular formula is C10H16N2O4. The number of amides is 2. The first-order valence-corrected chi connectivity index (χ1v) is 4.83. The van der Waals surface area contributed by atoms with Crippen molar-refractivity contribution in [2.45, 2.75) is 19.4 Å². The number of carbonyl (C=O) groups excluding carboxylic acids is 1. The van der Waals surface area contributed by atoms with Crippen molar-refractivity contribution in [3.8, 4) is 12.3 Å². The van der Waals surface area contributed by atoms with E-state index in [4.69, 9.17) is 16.3 Å². The Labute approximate surface area is 94.4 Å². The van der Waals surface area contributed by atoms with E-state index in [2.05, 4.69) is 16.6 Å². The summed E-state index contributed by atoms with van der Waals surface area (Å²) in [6.45, 7) is 1.84. The Morgan fingerprint density at radius 2 is 2.25 bits per heavy atom. The van der Waals surface area contributed by atoms with E-state index in [1.165, 1.54) is 0 Å². The zero-order chi connectivity index (χ0) is 12.4. The van der Waals surface area contributed by atoms with Crippen LogP contribution in [0.3, 0.4) is 0 Å². The van der Waals surface area contributed by atoms with Crippen molar-refractivity contribution in [2.75, 3.05) is 19.8 Å². The average Bonchev–Trinajstić information content (AvgIpc) is 2.16. The third-order valence-corrected chi connectivity index (χ3v) is 1.56. The second kappa shape index (κ2) is 8.56. The van der Waals surface area contributed by atoms with E-state index >= 15 is 0 Å². The van der Waals surface area contributed by atoms with Crippen molar-refractivity contribution in [1.29, 1.82) is 0 Å². The second-order valence-corrected chi connectivity index (χ2v) is 3.16. The number of carbonyl (C=O) groups is 2. The summed E-state index contributed by atoms with van der Waals surface area (Å²) in [4.78, 5) is 21.2. The van der Waals surface area contributed by atoms with Gasteiger partial charge in [0.15, 0.2) is 0 Å². The molecule has 1 unspecified atom stereocenters. The lowest BCUT2D eigenvalue weighted by atomic mass is 10.2. The number of carboxylic acids is 1. The van der Waals surface area contributed by atoms with Crippen LogP contribution in [-0.4, -0.2) is 42.9 Å². The Kier molecular flexibility index (Phi) is 7.63. The van der Waals surface area contributed by atoms with E-state index in [0.717, 1.165) is 0 Å². The van der Waals surface area contributed by atoms with E-state index in [0.29, 0.717) is 6.42 Å². The highest BCUT2D eigenvalue weighted by molar-refractivity contribution is 5.74. The molecule has 0 aliphatic carbocycles. The third kappa shape index (κ3) is 8.84. The predicted octanol–water partition coefficient (Wildman–Crippen LogP) is -0.201.